The number of thioether (sulfide) groups is 1. The third-order valence-corrected chi connectivity index (χ3v) is 6.04. The molecule has 1 aliphatic heterocycles. The van der Waals surface area contributed by atoms with Crippen LogP contribution in [0.3, 0.4) is 0 Å². The number of hydrogen-bond acceptors (Lipinski definition) is 2. The Bertz CT molecular complexity index is 432. The van der Waals surface area contributed by atoms with Crippen LogP contribution in [0.4, 0.5) is 0 Å². The quantitative estimate of drug-likeness (QED) is 0.803. The van der Waals surface area contributed by atoms with Gasteiger partial charge >= 0.3 is 0 Å². The van der Waals surface area contributed by atoms with Gasteiger partial charge in [0.2, 0.25) is 0 Å². The largest absolute Gasteiger partial charge is 0.389 e. The van der Waals surface area contributed by atoms with Crippen molar-refractivity contribution in [2.45, 2.75) is 35.7 Å². The third kappa shape index (κ3) is 1.02. The van der Waals surface area contributed by atoms with Crippen LogP contribution in [0.2, 0.25) is 0 Å². The zero-order chi connectivity index (χ0) is 10.8. The van der Waals surface area contributed by atoms with Crippen molar-refractivity contribution in [1.82, 2.24) is 0 Å². The minimum absolute atomic E-state index is 0.335. The van der Waals surface area contributed by atoms with Gasteiger partial charge in [-0.05, 0) is 36.3 Å². The van der Waals surface area contributed by atoms with Crippen molar-refractivity contribution in [2.24, 2.45) is 11.8 Å². The second kappa shape index (κ2) is 3.05. The second-order valence-electron chi connectivity index (χ2n) is 5.43. The van der Waals surface area contributed by atoms with Crippen LogP contribution in [0.1, 0.15) is 30.7 Å². The molecule has 2 heteroatoms. The Morgan fingerprint density at radius 1 is 1.19 bits per heavy atom. The highest BCUT2D eigenvalue weighted by atomic mass is 32.2. The summed E-state index contributed by atoms with van der Waals surface area (Å²) in [5.41, 5.74) is 1.07. The van der Waals surface area contributed by atoms with E-state index in [1.807, 2.05) is 11.8 Å². The van der Waals surface area contributed by atoms with Crippen LogP contribution in [0.15, 0.2) is 29.2 Å². The highest BCUT2D eigenvalue weighted by Crippen LogP contribution is 2.68. The van der Waals surface area contributed by atoms with E-state index in [1.54, 1.807) is 0 Å². The van der Waals surface area contributed by atoms with E-state index in [9.17, 15) is 5.11 Å². The summed E-state index contributed by atoms with van der Waals surface area (Å²) < 4.78 is 0. The van der Waals surface area contributed by atoms with Crippen LogP contribution >= 0.6 is 11.8 Å². The van der Waals surface area contributed by atoms with E-state index < -0.39 is 0 Å². The third-order valence-electron chi connectivity index (χ3n) is 4.85. The number of benzene rings is 1. The lowest BCUT2D eigenvalue weighted by atomic mass is 9.88. The highest BCUT2D eigenvalue weighted by Gasteiger charge is 2.69. The predicted molar refractivity (Wildman–Crippen MR) is 65.7 cm³/mol. The first-order valence-corrected chi connectivity index (χ1v) is 7.24. The molecular weight excluding hydrogens is 216 g/mol. The van der Waals surface area contributed by atoms with Crippen LogP contribution in [-0.2, 0) is 0 Å². The molecule has 0 aromatic heterocycles. The SMILES string of the molecule is OC1(C2CSc3ccccc32)C2CCCC21. The van der Waals surface area contributed by atoms with Gasteiger partial charge in [0.15, 0.2) is 0 Å². The molecule has 1 heterocycles. The van der Waals surface area contributed by atoms with Gasteiger partial charge < -0.3 is 5.11 Å². The van der Waals surface area contributed by atoms with Gasteiger partial charge in [0.25, 0.3) is 0 Å². The number of aliphatic hydroxyl groups is 1. The summed E-state index contributed by atoms with van der Waals surface area (Å²) >= 11 is 1.92. The molecule has 3 atom stereocenters. The zero-order valence-corrected chi connectivity index (χ0v) is 10.0. The summed E-state index contributed by atoms with van der Waals surface area (Å²) in [6.07, 6.45) is 3.84. The molecule has 84 valence electrons. The van der Waals surface area contributed by atoms with Gasteiger partial charge in [-0.15, -0.1) is 11.8 Å². The first-order valence-electron chi connectivity index (χ1n) is 6.26. The molecule has 0 spiro atoms. The molecule has 1 N–H and O–H groups in total. The second-order valence-corrected chi connectivity index (χ2v) is 6.49. The first kappa shape index (κ1) is 9.55. The lowest BCUT2D eigenvalue weighted by Crippen LogP contribution is -2.26. The molecule has 2 aliphatic carbocycles. The molecule has 1 aromatic carbocycles. The van der Waals surface area contributed by atoms with Crippen molar-refractivity contribution in [3.8, 4) is 0 Å². The Morgan fingerprint density at radius 3 is 2.75 bits per heavy atom. The summed E-state index contributed by atoms with van der Waals surface area (Å²) in [6, 6.07) is 8.62. The fourth-order valence-electron chi connectivity index (χ4n) is 4.03. The van der Waals surface area contributed by atoms with Crippen molar-refractivity contribution in [3.63, 3.8) is 0 Å². The van der Waals surface area contributed by atoms with Crippen molar-refractivity contribution in [3.05, 3.63) is 29.8 Å². The molecule has 0 saturated heterocycles. The van der Waals surface area contributed by atoms with E-state index in [-0.39, 0.29) is 5.60 Å². The van der Waals surface area contributed by atoms with Crippen LogP contribution in [0.25, 0.3) is 0 Å². The summed E-state index contributed by atoms with van der Waals surface area (Å²) in [4.78, 5) is 1.39. The van der Waals surface area contributed by atoms with Gasteiger partial charge in [-0.1, -0.05) is 24.6 Å². The number of fused-ring (bicyclic) bond motifs is 2. The van der Waals surface area contributed by atoms with Crippen LogP contribution < -0.4 is 0 Å². The first-order chi connectivity index (χ1) is 7.82. The van der Waals surface area contributed by atoms with Gasteiger partial charge in [0, 0.05) is 16.6 Å². The number of rotatable bonds is 1. The number of hydrogen-bond donors (Lipinski definition) is 1. The molecule has 1 aromatic rings. The fraction of sp³-hybridized carbons (Fsp3) is 0.571. The van der Waals surface area contributed by atoms with Crippen LogP contribution in [0, 0.1) is 11.8 Å². The lowest BCUT2D eigenvalue weighted by molar-refractivity contribution is 0.0838. The summed E-state index contributed by atoms with van der Waals surface area (Å²) in [5.74, 6) is 2.72. The minimum atomic E-state index is -0.335. The van der Waals surface area contributed by atoms with Crippen molar-refractivity contribution >= 4 is 11.8 Å². The Labute approximate surface area is 100 Å². The smallest absolute Gasteiger partial charge is 0.0787 e. The molecule has 4 rings (SSSR count). The zero-order valence-electron chi connectivity index (χ0n) is 9.23. The van der Waals surface area contributed by atoms with E-state index in [0.717, 1.165) is 5.75 Å². The van der Waals surface area contributed by atoms with Gasteiger partial charge in [0.05, 0.1) is 5.60 Å². The van der Waals surface area contributed by atoms with E-state index in [1.165, 1.54) is 29.7 Å². The minimum Gasteiger partial charge on any atom is -0.389 e. The van der Waals surface area contributed by atoms with E-state index in [4.69, 9.17) is 0 Å². The fourth-order valence-corrected chi connectivity index (χ4v) is 5.38. The van der Waals surface area contributed by atoms with Gasteiger partial charge in [-0.25, -0.2) is 0 Å². The predicted octanol–water partition coefficient (Wildman–Crippen LogP) is 3.04. The normalized spacial score (nSPS) is 44.2. The molecule has 3 aliphatic rings. The molecule has 0 bridgehead atoms. The standard InChI is InChI=1S/C14H16OS/c15-14(10-5-3-6-11(10)14)12-8-16-13-7-2-1-4-9(12)13/h1-2,4,7,10-12,15H,3,5-6,8H2. The molecule has 1 nitrogen and oxygen atoms in total. The van der Waals surface area contributed by atoms with Crippen molar-refractivity contribution in [1.29, 1.82) is 0 Å². The Kier molecular flexibility index (Phi) is 1.82. The maximum atomic E-state index is 10.8. The average molecular weight is 232 g/mol. The molecule has 3 unspecified atom stereocenters. The van der Waals surface area contributed by atoms with Gasteiger partial charge in [-0.2, -0.15) is 0 Å². The van der Waals surface area contributed by atoms with Gasteiger partial charge in [0.1, 0.15) is 0 Å². The van der Waals surface area contributed by atoms with E-state index in [0.29, 0.717) is 17.8 Å². The monoisotopic (exact) mass is 232 g/mol. The molecule has 0 radical (unpaired) electrons. The molecule has 0 amide bonds. The van der Waals surface area contributed by atoms with Gasteiger partial charge in [-0.3, -0.25) is 0 Å². The summed E-state index contributed by atoms with van der Waals surface area (Å²) in [5, 5.41) is 10.8. The summed E-state index contributed by atoms with van der Waals surface area (Å²) in [6.45, 7) is 0. The molecule has 2 saturated carbocycles. The lowest BCUT2D eigenvalue weighted by Gasteiger charge is -2.22. The Morgan fingerprint density at radius 2 is 1.94 bits per heavy atom. The maximum absolute atomic E-state index is 10.8. The van der Waals surface area contributed by atoms with E-state index in [2.05, 4.69) is 24.3 Å². The van der Waals surface area contributed by atoms with Crippen molar-refractivity contribution in [2.75, 3.05) is 5.75 Å². The highest BCUT2D eigenvalue weighted by molar-refractivity contribution is 7.99. The maximum Gasteiger partial charge on any atom is 0.0787 e. The molecule has 16 heavy (non-hydrogen) atoms. The van der Waals surface area contributed by atoms with Crippen molar-refractivity contribution < 1.29 is 5.11 Å². The Balaban J connectivity index is 1.72. The topological polar surface area (TPSA) is 20.2 Å². The van der Waals surface area contributed by atoms with Crippen LogP contribution in [-0.4, -0.2) is 16.5 Å². The Hall–Kier alpha value is -0.470. The average Bonchev–Trinajstić information content (AvgIpc) is 2.81. The summed E-state index contributed by atoms with van der Waals surface area (Å²) in [7, 11) is 0. The molecular formula is C14H16OS. The van der Waals surface area contributed by atoms with Crippen LogP contribution in [0.5, 0.6) is 0 Å². The molecule has 2 fully saturated rings. The van der Waals surface area contributed by atoms with E-state index >= 15 is 0 Å².